The summed E-state index contributed by atoms with van der Waals surface area (Å²) >= 11 is 0. The number of benzene rings is 1. The standard InChI is InChI=1S/C21H17N5O/c1-13-11-16(27-21-19-15(5-7-23-19)6-8-24-21)3-4-17(13)20-14(2)25-12-18-22-9-10-26(18)20/h3-12,23H,1-2H3. The topological polar surface area (TPSA) is 68.1 Å². The largest absolute Gasteiger partial charge is 0.437 e. The maximum atomic E-state index is 6.05. The van der Waals surface area contributed by atoms with Gasteiger partial charge in [-0.2, -0.15) is 0 Å². The van der Waals surface area contributed by atoms with E-state index in [1.807, 2.05) is 43.6 Å². The third-order valence-electron chi connectivity index (χ3n) is 4.73. The summed E-state index contributed by atoms with van der Waals surface area (Å²) in [6, 6.07) is 9.99. The molecule has 0 unspecified atom stereocenters. The summed E-state index contributed by atoms with van der Waals surface area (Å²) < 4.78 is 8.11. The van der Waals surface area contributed by atoms with Crippen molar-refractivity contribution < 1.29 is 4.74 Å². The van der Waals surface area contributed by atoms with E-state index in [0.29, 0.717) is 5.88 Å². The molecule has 0 fully saturated rings. The predicted octanol–water partition coefficient (Wildman–Crippen LogP) is 4.68. The van der Waals surface area contributed by atoms with Crippen LogP contribution in [0, 0.1) is 13.8 Å². The summed E-state index contributed by atoms with van der Waals surface area (Å²) in [7, 11) is 0. The molecule has 6 heteroatoms. The molecule has 132 valence electrons. The molecule has 0 saturated carbocycles. The van der Waals surface area contributed by atoms with Crippen LogP contribution in [0.1, 0.15) is 11.3 Å². The Morgan fingerprint density at radius 2 is 1.93 bits per heavy atom. The van der Waals surface area contributed by atoms with Crippen LogP contribution in [-0.2, 0) is 0 Å². The molecule has 0 spiro atoms. The summed E-state index contributed by atoms with van der Waals surface area (Å²) in [5.74, 6) is 1.31. The van der Waals surface area contributed by atoms with Crippen LogP contribution in [0.25, 0.3) is 27.8 Å². The van der Waals surface area contributed by atoms with E-state index in [4.69, 9.17) is 4.74 Å². The first-order valence-corrected chi connectivity index (χ1v) is 8.70. The summed E-state index contributed by atoms with van der Waals surface area (Å²) in [5, 5.41) is 1.07. The molecule has 0 amide bonds. The second-order valence-electron chi connectivity index (χ2n) is 6.48. The van der Waals surface area contributed by atoms with Crippen molar-refractivity contribution in [2.75, 3.05) is 0 Å². The number of aryl methyl sites for hydroxylation is 2. The minimum atomic E-state index is 0.569. The summed E-state index contributed by atoms with van der Waals surface area (Å²) in [6.45, 7) is 4.08. The molecule has 0 aliphatic carbocycles. The van der Waals surface area contributed by atoms with E-state index in [-0.39, 0.29) is 0 Å². The molecule has 0 aliphatic rings. The molecule has 0 saturated heterocycles. The number of aromatic amines is 1. The number of nitrogens with one attached hydrogen (secondary N) is 1. The van der Waals surface area contributed by atoms with Crippen LogP contribution >= 0.6 is 0 Å². The van der Waals surface area contributed by atoms with E-state index in [2.05, 4.69) is 37.3 Å². The highest BCUT2D eigenvalue weighted by Crippen LogP contribution is 2.32. The Hall–Kier alpha value is -3.67. The minimum absolute atomic E-state index is 0.569. The normalized spacial score (nSPS) is 11.3. The zero-order chi connectivity index (χ0) is 18.4. The van der Waals surface area contributed by atoms with Gasteiger partial charge < -0.3 is 9.72 Å². The predicted molar refractivity (Wildman–Crippen MR) is 104 cm³/mol. The lowest BCUT2D eigenvalue weighted by molar-refractivity contribution is 0.468. The van der Waals surface area contributed by atoms with E-state index in [1.165, 1.54) is 0 Å². The first-order valence-electron chi connectivity index (χ1n) is 8.70. The van der Waals surface area contributed by atoms with Crippen LogP contribution in [0.5, 0.6) is 11.6 Å². The molecule has 4 aromatic heterocycles. The SMILES string of the molecule is Cc1cc(Oc2nccc3cc[nH]c23)ccc1-c1c(C)ncc2nccn12. The Balaban J connectivity index is 1.57. The van der Waals surface area contributed by atoms with Crippen molar-refractivity contribution in [3.05, 3.63) is 72.6 Å². The molecule has 5 rings (SSSR count). The Labute approximate surface area is 155 Å². The molecule has 0 bridgehead atoms. The second kappa shape index (κ2) is 5.95. The molecule has 5 aromatic rings. The Morgan fingerprint density at radius 3 is 2.81 bits per heavy atom. The van der Waals surface area contributed by atoms with Crippen LogP contribution in [0.15, 0.2) is 61.3 Å². The summed E-state index contributed by atoms with van der Waals surface area (Å²) in [4.78, 5) is 16.4. The van der Waals surface area contributed by atoms with Gasteiger partial charge in [0, 0.05) is 35.7 Å². The zero-order valence-corrected chi connectivity index (χ0v) is 15.0. The maximum Gasteiger partial charge on any atom is 0.243 e. The fourth-order valence-corrected chi connectivity index (χ4v) is 3.42. The van der Waals surface area contributed by atoms with Gasteiger partial charge in [0.05, 0.1) is 17.6 Å². The lowest BCUT2D eigenvalue weighted by Gasteiger charge is -2.13. The average Bonchev–Trinajstić information content (AvgIpc) is 3.32. The molecular formula is C21H17N5O. The maximum absolute atomic E-state index is 6.05. The van der Waals surface area contributed by atoms with Gasteiger partial charge in [0.25, 0.3) is 0 Å². The molecule has 4 heterocycles. The molecular weight excluding hydrogens is 338 g/mol. The molecule has 27 heavy (non-hydrogen) atoms. The number of fused-ring (bicyclic) bond motifs is 2. The lowest BCUT2D eigenvalue weighted by Crippen LogP contribution is -1.99. The van der Waals surface area contributed by atoms with E-state index in [0.717, 1.165) is 44.8 Å². The monoisotopic (exact) mass is 355 g/mol. The van der Waals surface area contributed by atoms with Gasteiger partial charge in [0.2, 0.25) is 5.88 Å². The van der Waals surface area contributed by atoms with Crippen molar-refractivity contribution in [2.24, 2.45) is 0 Å². The van der Waals surface area contributed by atoms with E-state index in [9.17, 15) is 0 Å². The fraction of sp³-hybridized carbons (Fsp3) is 0.0952. The van der Waals surface area contributed by atoms with Gasteiger partial charge in [-0.25, -0.2) is 9.97 Å². The van der Waals surface area contributed by atoms with Crippen LogP contribution in [0.3, 0.4) is 0 Å². The fourth-order valence-electron chi connectivity index (χ4n) is 3.42. The van der Waals surface area contributed by atoms with Crippen LogP contribution in [-0.4, -0.2) is 24.3 Å². The number of hydrogen-bond donors (Lipinski definition) is 1. The van der Waals surface area contributed by atoms with Gasteiger partial charge in [-0.3, -0.25) is 9.38 Å². The molecule has 1 aromatic carbocycles. The number of imidazole rings is 1. The van der Waals surface area contributed by atoms with Gasteiger partial charge in [-0.1, -0.05) is 0 Å². The highest BCUT2D eigenvalue weighted by molar-refractivity contribution is 5.83. The van der Waals surface area contributed by atoms with Gasteiger partial charge in [-0.05, 0) is 49.7 Å². The highest BCUT2D eigenvalue weighted by Gasteiger charge is 2.13. The molecule has 0 radical (unpaired) electrons. The third-order valence-corrected chi connectivity index (χ3v) is 4.73. The van der Waals surface area contributed by atoms with E-state index < -0.39 is 0 Å². The molecule has 1 N–H and O–H groups in total. The average molecular weight is 355 g/mol. The van der Waals surface area contributed by atoms with Crippen molar-refractivity contribution >= 4 is 16.6 Å². The lowest BCUT2D eigenvalue weighted by atomic mass is 10.0. The quantitative estimate of drug-likeness (QED) is 0.510. The van der Waals surface area contributed by atoms with Gasteiger partial charge in [-0.15, -0.1) is 0 Å². The van der Waals surface area contributed by atoms with Crippen LogP contribution in [0.4, 0.5) is 0 Å². The van der Waals surface area contributed by atoms with Crippen LogP contribution < -0.4 is 4.74 Å². The number of rotatable bonds is 3. The van der Waals surface area contributed by atoms with Crippen LogP contribution in [0.2, 0.25) is 0 Å². The third kappa shape index (κ3) is 2.54. The number of ether oxygens (including phenoxy) is 1. The van der Waals surface area contributed by atoms with Crippen molar-refractivity contribution in [1.82, 2.24) is 24.3 Å². The first kappa shape index (κ1) is 15.6. The molecule has 6 nitrogen and oxygen atoms in total. The number of H-pyrrole nitrogens is 1. The van der Waals surface area contributed by atoms with E-state index >= 15 is 0 Å². The summed E-state index contributed by atoms with van der Waals surface area (Å²) in [5.41, 5.74) is 5.91. The molecule has 0 aliphatic heterocycles. The minimum Gasteiger partial charge on any atom is -0.437 e. The van der Waals surface area contributed by atoms with Crippen molar-refractivity contribution in [2.45, 2.75) is 13.8 Å². The van der Waals surface area contributed by atoms with Gasteiger partial charge >= 0.3 is 0 Å². The van der Waals surface area contributed by atoms with Crippen molar-refractivity contribution in [1.29, 1.82) is 0 Å². The number of aromatic nitrogens is 5. The number of pyridine rings is 1. The van der Waals surface area contributed by atoms with Gasteiger partial charge in [0.1, 0.15) is 11.3 Å². The Kier molecular flexibility index (Phi) is 3.43. The Bertz CT molecular complexity index is 1280. The van der Waals surface area contributed by atoms with Gasteiger partial charge in [0.15, 0.2) is 5.65 Å². The van der Waals surface area contributed by atoms with E-state index in [1.54, 1.807) is 18.6 Å². The number of nitrogens with zero attached hydrogens (tertiary/aromatic N) is 4. The smallest absolute Gasteiger partial charge is 0.243 e. The zero-order valence-electron chi connectivity index (χ0n) is 15.0. The highest BCUT2D eigenvalue weighted by atomic mass is 16.5. The summed E-state index contributed by atoms with van der Waals surface area (Å²) in [6.07, 6.45) is 9.17. The molecule has 0 atom stereocenters. The first-order chi connectivity index (χ1) is 13.2. The Morgan fingerprint density at radius 1 is 1.00 bits per heavy atom. The van der Waals surface area contributed by atoms with Crippen molar-refractivity contribution in [3.63, 3.8) is 0 Å². The number of hydrogen-bond acceptors (Lipinski definition) is 4. The second-order valence-corrected chi connectivity index (χ2v) is 6.48. The van der Waals surface area contributed by atoms with Crippen molar-refractivity contribution in [3.8, 4) is 22.9 Å².